The minimum Gasteiger partial charge on any atom is -0.364 e. The summed E-state index contributed by atoms with van der Waals surface area (Å²) in [5, 5.41) is 0.100. The maximum atomic E-state index is 13.9. The number of amides is 1. The third-order valence-electron chi connectivity index (χ3n) is 2.91. The van der Waals surface area contributed by atoms with Gasteiger partial charge in [-0.1, -0.05) is 17.7 Å². The highest BCUT2D eigenvalue weighted by atomic mass is 35.5. The van der Waals surface area contributed by atoms with E-state index >= 15 is 0 Å². The van der Waals surface area contributed by atoms with E-state index in [1.54, 1.807) is 0 Å². The van der Waals surface area contributed by atoms with Crippen LogP contribution in [0.5, 0.6) is 0 Å². The number of rotatable bonds is 2. The smallest absolute Gasteiger partial charge is 0.269 e. The second-order valence-electron chi connectivity index (χ2n) is 4.22. The van der Waals surface area contributed by atoms with Crippen LogP contribution in [0.1, 0.15) is 10.5 Å². The minimum atomic E-state index is -0.852. The summed E-state index contributed by atoms with van der Waals surface area (Å²) in [6.45, 7) is 0. The number of halogens is 3. The predicted octanol–water partition coefficient (Wildman–Crippen LogP) is 2.66. The zero-order valence-corrected chi connectivity index (χ0v) is 11.1. The summed E-state index contributed by atoms with van der Waals surface area (Å²) in [4.78, 5) is 21.5. The molecule has 0 fully saturated rings. The van der Waals surface area contributed by atoms with Crippen LogP contribution in [0.2, 0.25) is 5.02 Å². The number of imidazole rings is 1. The first-order valence-corrected chi connectivity index (χ1v) is 6.15. The quantitative estimate of drug-likeness (QED) is 0.763. The summed E-state index contributed by atoms with van der Waals surface area (Å²) in [6, 6.07) is 4.09. The summed E-state index contributed by atoms with van der Waals surface area (Å²) < 4.78 is 27.6. The van der Waals surface area contributed by atoms with Crippen LogP contribution in [-0.4, -0.2) is 20.9 Å². The third kappa shape index (κ3) is 2.11. The van der Waals surface area contributed by atoms with E-state index in [2.05, 4.69) is 15.0 Å². The SMILES string of the molecule is NC(=O)c1ncc(F)c2nc(-c3c(F)cccc3Cl)[nH]c12. The van der Waals surface area contributed by atoms with Crippen LogP contribution >= 0.6 is 11.6 Å². The van der Waals surface area contributed by atoms with Crippen molar-refractivity contribution in [3.05, 3.63) is 46.7 Å². The number of hydrogen-bond acceptors (Lipinski definition) is 3. The number of carbonyl (C=O) groups is 1. The molecular weight excluding hydrogens is 302 g/mol. The molecule has 0 atom stereocenters. The Kier molecular flexibility index (Phi) is 3.06. The molecule has 106 valence electrons. The van der Waals surface area contributed by atoms with Crippen molar-refractivity contribution in [2.24, 2.45) is 5.73 Å². The van der Waals surface area contributed by atoms with E-state index < -0.39 is 17.5 Å². The van der Waals surface area contributed by atoms with Crippen LogP contribution in [0.3, 0.4) is 0 Å². The van der Waals surface area contributed by atoms with E-state index in [4.69, 9.17) is 17.3 Å². The second kappa shape index (κ2) is 4.78. The Balaban J connectivity index is 2.34. The molecule has 2 heterocycles. The maximum absolute atomic E-state index is 13.9. The van der Waals surface area contributed by atoms with Gasteiger partial charge in [0.1, 0.15) is 22.7 Å². The van der Waals surface area contributed by atoms with Crippen molar-refractivity contribution in [1.82, 2.24) is 15.0 Å². The van der Waals surface area contributed by atoms with Gasteiger partial charge in [0.15, 0.2) is 11.5 Å². The molecule has 0 saturated carbocycles. The number of H-pyrrole nitrogens is 1. The highest BCUT2D eigenvalue weighted by Gasteiger charge is 2.19. The molecule has 3 N–H and O–H groups in total. The van der Waals surface area contributed by atoms with Gasteiger partial charge in [-0.25, -0.2) is 18.7 Å². The maximum Gasteiger partial charge on any atom is 0.269 e. The molecule has 0 radical (unpaired) electrons. The van der Waals surface area contributed by atoms with E-state index in [-0.39, 0.29) is 33.1 Å². The van der Waals surface area contributed by atoms with Crippen LogP contribution in [0.4, 0.5) is 8.78 Å². The topological polar surface area (TPSA) is 84.7 Å². The highest BCUT2D eigenvalue weighted by Crippen LogP contribution is 2.30. The molecule has 3 aromatic rings. The summed E-state index contributed by atoms with van der Waals surface area (Å²) in [5.41, 5.74) is 4.80. The van der Waals surface area contributed by atoms with Crippen molar-refractivity contribution in [2.75, 3.05) is 0 Å². The Labute approximate surface area is 121 Å². The fourth-order valence-electron chi connectivity index (χ4n) is 1.99. The molecule has 3 rings (SSSR count). The first-order chi connectivity index (χ1) is 9.99. The molecule has 0 unspecified atom stereocenters. The van der Waals surface area contributed by atoms with E-state index in [0.29, 0.717) is 0 Å². The Bertz CT molecular complexity index is 858. The number of nitrogens with one attached hydrogen (secondary N) is 1. The lowest BCUT2D eigenvalue weighted by Gasteiger charge is -2.01. The molecule has 8 heteroatoms. The Hall–Kier alpha value is -2.54. The van der Waals surface area contributed by atoms with Crippen molar-refractivity contribution < 1.29 is 13.6 Å². The van der Waals surface area contributed by atoms with Gasteiger partial charge >= 0.3 is 0 Å². The molecule has 2 aromatic heterocycles. The van der Waals surface area contributed by atoms with Crippen LogP contribution in [-0.2, 0) is 0 Å². The number of nitrogens with zero attached hydrogens (tertiary/aromatic N) is 2. The number of aromatic amines is 1. The number of primary amides is 1. The van der Waals surface area contributed by atoms with Gasteiger partial charge in [0, 0.05) is 0 Å². The van der Waals surface area contributed by atoms with Crippen LogP contribution in [0, 0.1) is 11.6 Å². The van der Waals surface area contributed by atoms with Crippen molar-refractivity contribution in [3.8, 4) is 11.4 Å². The van der Waals surface area contributed by atoms with E-state index in [1.807, 2.05) is 0 Å². The molecule has 5 nitrogen and oxygen atoms in total. The normalized spacial score (nSPS) is 11.0. The molecule has 0 saturated heterocycles. The van der Waals surface area contributed by atoms with Gasteiger partial charge in [-0.05, 0) is 12.1 Å². The highest BCUT2D eigenvalue weighted by molar-refractivity contribution is 6.33. The fraction of sp³-hybridized carbons (Fsp3) is 0. The summed E-state index contributed by atoms with van der Waals surface area (Å²) >= 11 is 5.93. The van der Waals surface area contributed by atoms with Crippen molar-refractivity contribution in [1.29, 1.82) is 0 Å². The van der Waals surface area contributed by atoms with Crippen molar-refractivity contribution >= 4 is 28.5 Å². The lowest BCUT2D eigenvalue weighted by atomic mass is 10.2. The average Bonchev–Trinajstić information content (AvgIpc) is 2.84. The molecular formula is C13H7ClF2N4O. The zero-order valence-electron chi connectivity index (χ0n) is 10.3. The number of fused-ring (bicyclic) bond motifs is 1. The summed E-state index contributed by atoms with van der Waals surface area (Å²) in [7, 11) is 0. The number of carbonyl (C=O) groups excluding carboxylic acids is 1. The van der Waals surface area contributed by atoms with Gasteiger partial charge in [0.2, 0.25) is 0 Å². The zero-order chi connectivity index (χ0) is 15.1. The van der Waals surface area contributed by atoms with E-state index in [1.165, 1.54) is 18.2 Å². The van der Waals surface area contributed by atoms with Gasteiger partial charge < -0.3 is 10.7 Å². The third-order valence-corrected chi connectivity index (χ3v) is 3.22. The van der Waals surface area contributed by atoms with Crippen LogP contribution in [0.15, 0.2) is 24.4 Å². The van der Waals surface area contributed by atoms with E-state index in [9.17, 15) is 13.6 Å². The molecule has 0 aliphatic heterocycles. The summed E-state index contributed by atoms with van der Waals surface area (Å²) in [6.07, 6.45) is 0.829. The Morgan fingerprint density at radius 1 is 1.29 bits per heavy atom. The molecule has 21 heavy (non-hydrogen) atoms. The lowest BCUT2D eigenvalue weighted by molar-refractivity contribution is 0.0997. The number of hydrogen-bond donors (Lipinski definition) is 2. The number of aromatic nitrogens is 3. The van der Waals surface area contributed by atoms with Crippen LogP contribution in [0.25, 0.3) is 22.4 Å². The van der Waals surface area contributed by atoms with E-state index in [0.717, 1.165) is 6.20 Å². The van der Waals surface area contributed by atoms with Gasteiger partial charge in [0.05, 0.1) is 16.8 Å². The number of nitrogens with two attached hydrogens (primary N) is 1. The van der Waals surface area contributed by atoms with Crippen molar-refractivity contribution in [2.45, 2.75) is 0 Å². The van der Waals surface area contributed by atoms with Gasteiger partial charge in [-0.2, -0.15) is 0 Å². The molecule has 1 aromatic carbocycles. The second-order valence-corrected chi connectivity index (χ2v) is 4.63. The standard InChI is InChI=1S/C13H7ClF2N4O/c14-5-2-1-3-6(15)8(5)13-19-9-7(16)4-18-11(12(17)21)10(9)20-13/h1-4H,(H2,17,21)(H,19,20). The molecule has 1 amide bonds. The average molecular weight is 309 g/mol. The molecule has 0 bridgehead atoms. The minimum absolute atomic E-state index is 0.00294. The monoisotopic (exact) mass is 308 g/mol. The van der Waals surface area contributed by atoms with Gasteiger partial charge in [-0.3, -0.25) is 4.79 Å². The molecule has 0 aliphatic rings. The predicted molar refractivity (Wildman–Crippen MR) is 72.8 cm³/mol. The molecule has 0 aliphatic carbocycles. The largest absolute Gasteiger partial charge is 0.364 e. The lowest BCUT2D eigenvalue weighted by Crippen LogP contribution is -2.13. The Morgan fingerprint density at radius 3 is 2.71 bits per heavy atom. The number of pyridine rings is 1. The molecule has 0 spiro atoms. The van der Waals surface area contributed by atoms with Gasteiger partial charge in [0.25, 0.3) is 5.91 Å². The van der Waals surface area contributed by atoms with Crippen LogP contribution < -0.4 is 5.73 Å². The van der Waals surface area contributed by atoms with Crippen molar-refractivity contribution in [3.63, 3.8) is 0 Å². The fourth-order valence-corrected chi connectivity index (χ4v) is 2.25. The number of benzene rings is 1. The first kappa shape index (κ1) is 13.4. The van der Waals surface area contributed by atoms with Gasteiger partial charge in [-0.15, -0.1) is 0 Å². The Morgan fingerprint density at radius 2 is 2.05 bits per heavy atom. The first-order valence-electron chi connectivity index (χ1n) is 5.77. The summed E-state index contributed by atoms with van der Waals surface area (Å²) in [5.74, 6) is -2.25.